The van der Waals surface area contributed by atoms with E-state index in [9.17, 15) is 4.79 Å². The molecule has 2 aliphatic heterocycles. The molecule has 3 heterocycles. The number of rotatable bonds is 6. The van der Waals surface area contributed by atoms with Crippen LogP contribution in [0.5, 0.6) is 0 Å². The number of methoxy groups -OCH3 is 2. The molecule has 1 aromatic rings. The van der Waals surface area contributed by atoms with Crippen molar-refractivity contribution in [2.24, 2.45) is 11.3 Å². The number of ether oxygens (including phenoxy) is 2. The Labute approximate surface area is 147 Å². The van der Waals surface area contributed by atoms with Gasteiger partial charge in [0.2, 0.25) is 0 Å². The van der Waals surface area contributed by atoms with Gasteiger partial charge in [-0.3, -0.25) is 4.79 Å². The second-order valence-corrected chi connectivity index (χ2v) is 7.63. The van der Waals surface area contributed by atoms with Crippen molar-refractivity contribution in [3.8, 4) is 0 Å². The first-order chi connectivity index (χ1) is 11.7. The predicted octanol–water partition coefficient (Wildman–Crippen LogP) is 1.59. The normalized spacial score (nSPS) is 23.9. The second-order valence-electron chi connectivity index (χ2n) is 6.91. The molecule has 0 bridgehead atoms. The maximum absolute atomic E-state index is 12.5. The molecule has 2 aliphatic rings. The summed E-state index contributed by atoms with van der Waals surface area (Å²) in [5.74, 6) is 0.611. The molecule has 0 unspecified atom stereocenters. The molecule has 0 saturated carbocycles. The molecule has 24 heavy (non-hydrogen) atoms. The van der Waals surface area contributed by atoms with Gasteiger partial charge in [-0.15, -0.1) is 11.3 Å². The Balaban J connectivity index is 1.62. The van der Waals surface area contributed by atoms with E-state index >= 15 is 0 Å². The van der Waals surface area contributed by atoms with Crippen LogP contribution < -0.4 is 0 Å². The Kier molecular flexibility index (Phi) is 5.86. The van der Waals surface area contributed by atoms with Gasteiger partial charge in [0.05, 0.1) is 18.7 Å². The minimum atomic E-state index is 0.0728. The van der Waals surface area contributed by atoms with Gasteiger partial charge in [-0.25, -0.2) is 4.98 Å². The molecule has 3 rings (SSSR count). The van der Waals surface area contributed by atoms with Crippen LogP contribution in [0.2, 0.25) is 0 Å². The standard InChI is InChI=1S/C17H27N3O3S/c1-22-8-7-19-9-14(10-23-2)17(12-19)3-5-20(6-4-17)16(21)15-11-24-13-18-15/h11,13-14H,3-10,12H2,1-2H3/t14-/m1/s1. The fourth-order valence-electron chi connectivity index (χ4n) is 4.17. The number of carbonyl (C=O) groups excluding carboxylic acids is 1. The van der Waals surface area contributed by atoms with Crippen LogP contribution in [0.3, 0.4) is 0 Å². The minimum absolute atomic E-state index is 0.0728. The van der Waals surface area contributed by atoms with Crippen molar-refractivity contribution in [3.05, 3.63) is 16.6 Å². The number of piperidine rings is 1. The third-order valence-electron chi connectivity index (χ3n) is 5.56. The fourth-order valence-corrected chi connectivity index (χ4v) is 4.69. The van der Waals surface area contributed by atoms with Crippen molar-refractivity contribution >= 4 is 17.2 Å². The highest BCUT2D eigenvalue weighted by molar-refractivity contribution is 7.07. The number of carbonyl (C=O) groups is 1. The molecular weight excluding hydrogens is 326 g/mol. The Morgan fingerprint density at radius 3 is 2.79 bits per heavy atom. The van der Waals surface area contributed by atoms with Crippen molar-refractivity contribution < 1.29 is 14.3 Å². The van der Waals surface area contributed by atoms with Crippen LogP contribution in [0, 0.1) is 11.3 Å². The zero-order valence-corrected chi connectivity index (χ0v) is 15.4. The van der Waals surface area contributed by atoms with Gasteiger partial charge in [-0.1, -0.05) is 0 Å². The molecule has 2 saturated heterocycles. The molecule has 0 N–H and O–H groups in total. The summed E-state index contributed by atoms with van der Waals surface area (Å²) >= 11 is 1.47. The summed E-state index contributed by atoms with van der Waals surface area (Å²) in [5.41, 5.74) is 2.57. The van der Waals surface area contributed by atoms with E-state index in [-0.39, 0.29) is 11.3 Å². The van der Waals surface area contributed by atoms with Gasteiger partial charge < -0.3 is 19.3 Å². The van der Waals surface area contributed by atoms with Gasteiger partial charge in [0.15, 0.2) is 0 Å². The minimum Gasteiger partial charge on any atom is -0.384 e. The lowest BCUT2D eigenvalue weighted by Gasteiger charge is -2.42. The zero-order chi connectivity index (χ0) is 17.0. The SMILES string of the molecule is COCCN1C[C@H](COC)C2(CCN(C(=O)c3cscn3)CC2)C1. The molecule has 2 fully saturated rings. The number of hydrogen-bond donors (Lipinski definition) is 0. The van der Waals surface area contributed by atoms with E-state index < -0.39 is 0 Å². The maximum Gasteiger partial charge on any atom is 0.273 e. The Morgan fingerprint density at radius 1 is 1.38 bits per heavy atom. The average molecular weight is 353 g/mol. The van der Waals surface area contributed by atoms with E-state index in [1.165, 1.54) is 11.3 Å². The van der Waals surface area contributed by atoms with E-state index in [0.717, 1.165) is 58.8 Å². The highest BCUT2D eigenvalue weighted by Crippen LogP contribution is 2.44. The van der Waals surface area contributed by atoms with Gasteiger partial charge in [0.1, 0.15) is 5.69 Å². The molecule has 1 amide bonds. The summed E-state index contributed by atoms with van der Waals surface area (Å²) in [6.45, 7) is 6.32. The number of hydrogen-bond acceptors (Lipinski definition) is 6. The van der Waals surface area contributed by atoms with E-state index in [1.54, 1.807) is 19.7 Å². The lowest BCUT2D eigenvalue weighted by molar-refractivity contribution is 0.0318. The van der Waals surface area contributed by atoms with Crippen LogP contribution >= 0.6 is 11.3 Å². The third-order valence-corrected chi connectivity index (χ3v) is 6.15. The van der Waals surface area contributed by atoms with Crippen molar-refractivity contribution in [2.75, 3.05) is 60.2 Å². The van der Waals surface area contributed by atoms with E-state index in [4.69, 9.17) is 9.47 Å². The molecule has 1 aromatic heterocycles. The first kappa shape index (κ1) is 17.8. The summed E-state index contributed by atoms with van der Waals surface area (Å²) in [4.78, 5) is 21.1. The lowest BCUT2D eigenvalue weighted by atomic mass is 9.71. The summed E-state index contributed by atoms with van der Waals surface area (Å²) in [5, 5.41) is 1.84. The lowest BCUT2D eigenvalue weighted by Crippen LogP contribution is -2.47. The van der Waals surface area contributed by atoms with Crippen LogP contribution in [-0.4, -0.2) is 80.8 Å². The van der Waals surface area contributed by atoms with E-state index in [0.29, 0.717) is 11.6 Å². The molecule has 6 nitrogen and oxygen atoms in total. The average Bonchev–Trinajstić information content (AvgIpc) is 3.23. The number of likely N-dealkylation sites (tertiary alicyclic amines) is 2. The van der Waals surface area contributed by atoms with E-state index in [1.807, 2.05) is 10.3 Å². The number of nitrogens with zero attached hydrogens (tertiary/aromatic N) is 3. The topological polar surface area (TPSA) is 54.9 Å². The summed E-state index contributed by atoms with van der Waals surface area (Å²) in [6.07, 6.45) is 2.08. The summed E-state index contributed by atoms with van der Waals surface area (Å²) < 4.78 is 10.7. The smallest absolute Gasteiger partial charge is 0.273 e. The third kappa shape index (κ3) is 3.64. The van der Waals surface area contributed by atoms with Crippen LogP contribution in [-0.2, 0) is 9.47 Å². The van der Waals surface area contributed by atoms with Gasteiger partial charge in [0.25, 0.3) is 5.91 Å². The van der Waals surface area contributed by atoms with Crippen molar-refractivity contribution in [3.63, 3.8) is 0 Å². The van der Waals surface area contributed by atoms with Crippen molar-refractivity contribution in [1.82, 2.24) is 14.8 Å². The molecule has 0 aliphatic carbocycles. The van der Waals surface area contributed by atoms with Crippen LogP contribution in [0.4, 0.5) is 0 Å². The van der Waals surface area contributed by atoms with Gasteiger partial charge >= 0.3 is 0 Å². The highest BCUT2D eigenvalue weighted by atomic mass is 32.1. The molecule has 1 spiro atoms. The molecule has 0 aromatic carbocycles. The first-order valence-corrected chi connectivity index (χ1v) is 9.50. The molecular formula is C17H27N3O3S. The first-order valence-electron chi connectivity index (χ1n) is 8.56. The van der Waals surface area contributed by atoms with E-state index in [2.05, 4.69) is 9.88 Å². The number of thiazole rings is 1. The number of aromatic nitrogens is 1. The van der Waals surface area contributed by atoms with Gasteiger partial charge in [0, 0.05) is 58.2 Å². The molecule has 134 valence electrons. The second kappa shape index (κ2) is 7.91. The monoisotopic (exact) mass is 353 g/mol. The Bertz CT molecular complexity index is 529. The molecule has 7 heteroatoms. The molecule has 1 atom stereocenters. The molecule has 0 radical (unpaired) electrons. The maximum atomic E-state index is 12.5. The Morgan fingerprint density at radius 2 is 2.17 bits per heavy atom. The highest BCUT2D eigenvalue weighted by Gasteiger charge is 2.48. The predicted molar refractivity (Wildman–Crippen MR) is 93.4 cm³/mol. The summed E-state index contributed by atoms with van der Waals surface area (Å²) in [6, 6.07) is 0. The number of amides is 1. The Hall–Kier alpha value is -1.02. The summed E-state index contributed by atoms with van der Waals surface area (Å²) in [7, 11) is 3.54. The van der Waals surface area contributed by atoms with Crippen molar-refractivity contribution in [2.45, 2.75) is 12.8 Å². The van der Waals surface area contributed by atoms with Gasteiger partial charge in [-0.2, -0.15) is 0 Å². The van der Waals surface area contributed by atoms with Crippen molar-refractivity contribution in [1.29, 1.82) is 0 Å². The zero-order valence-electron chi connectivity index (χ0n) is 14.6. The van der Waals surface area contributed by atoms with Crippen LogP contribution in [0.25, 0.3) is 0 Å². The van der Waals surface area contributed by atoms with Crippen LogP contribution in [0.15, 0.2) is 10.9 Å². The van der Waals surface area contributed by atoms with Gasteiger partial charge in [-0.05, 0) is 18.3 Å². The quantitative estimate of drug-likeness (QED) is 0.777. The largest absolute Gasteiger partial charge is 0.384 e. The fraction of sp³-hybridized carbons (Fsp3) is 0.765. The van der Waals surface area contributed by atoms with Crippen LogP contribution in [0.1, 0.15) is 23.3 Å².